The summed E-state index contributed by atoms with van der Waals surface area (Å²) in [6.07, 6.45) is 7.68. The highest BCUT2D eigenvalue weighted by Crippen LogP contribution is 2.39. The number of nitriles is 2. The van der Waals surface area contributed by atoms with Crippen LogP contribution in [0.3, 0.4) is 0 Å². The van der Waals surface area contributed by atoms with Crippen LogP contribution in [-0.2, 0) is 5.75 Å². The molecule has 0 saturated heterocycles. The maximum Gasteiger partial charge on any atom is 0.152 e. The molecule has 5 rings (SSSR count). The largest absolute Gasteiger partial charge is 0.491 e. The minimum atomic E-state index is -0.0921. The molecule has 3 heterocycles. The minimum absolute atomic E-state index is 0.0921. The number of nitrogens with zero attached hydrogens (tertiary/aromatic N) is 5. The van der Waals surface area contributed by atoms with E-state index < -0.39 is 0 Å². The zero-order valence-corrected chi connectivity index (χ0v) is 23.5. The normalized spacial score (nSPS) is 12.2. The first-order chi connectivity index (χ1) is 19.6. The molecule has 1 aliphatic heterocycles. The Balaban J connectivity index is 1.53. The Morgan fingerprint density at radius 3 is 2.42 bits per heavy atom. The molecule has 2 aromatic heterocycles. The van der Waals surface area contributed by atoms with Crippen molar-refractivity contribution in [2.45, 2.75) is 10.8 Å². The fraction of sp³-hybridized carbons (Fsp3) is 0.133. The summed E-state index contributed by atoms with van der Waals surface area (Å²) in [5, 5.41) is 33.7. The van der Waals surface area contributed by atoms with Gasteiger partial charge in [0.2, 0.25) is 0 Å². The molecule has 0 radical (unpaired) electrons. The fourth-order valence-electron chi connectivity index (χ4n) is 4.11. The van der Waals surface area contributed by atoms with Gasteiger partial charge < -0.3 is 14.7 Å². The number of aromatic nitrogens is 2. The van der Waals surface area contributed by atoms with Crippen molar-refractivity contribution >= 4 is 40.5 Å². The number of halogens is 1. The minimum Gasteiger partial charge on any atom is -0.491 e. The van der Waals surface area contributed by atoms with Crippen LogP contribution in [0.4, 0.5) is 5.82 Å². The van der Waals surface area contributed by atoms with Crippen molar-refractivity contribution in [3.05, 3.63) is 100 Å². The van der Waals surface area contributed by atoms with Crippen molar-refractivity contribution < 1.29 is 9.84 Å². The summed E-state index contributed by atoms with van der Waals surface area (Å²) in [5.74, 6) is 1.57. The number of pyridine rings is 1. The Labute approximate surface area is 245 Å². The number of rotatable bonds is 9. The molecule has 0 atom stereocenters. The summed E-state index contributed by atoms with van der Waals surface area (Å²) in [7, 11) is 0. The van der Waals surface area contributed by atoms with Crippen LogP contribution in [0.15, 0.2) is 83.4 Å². The number of aliphatic hydroxyl groups excluding tert-OH is 1. The molecule has 1 aliphatic rings. The predicted octanol–water partition coefficient (Wildman–Crippen LogP) is 6.82. The standard InChI is InChI=1S/C30H22ClN5O2S2/c31-22-8-4-21(5-9-22)29-34-23(18-39-29)19-40-30-26(17-33)27(20-6-10-24(11-7-20)38-15-14-37)25(16-32)28(35-30)36-12-2-1-3-13-36/h1-12,18,37H,13-15,19H2. The number of anilines is 1. The van der Waals surface area contributed by atoms with Gasteiger partial charge >= 0.3 is 0 Å². The molecular formula is C30H22ClN5O2S2. The van der Waals surface area contributed by atoms with Crippen LogP contribution in [-0.4, -0.2) is 34.8 Å². The molecule has 40 heavy (non-hydrogen) atoms. The van der Waals surface area contributed by atoms with Gasteiger partial charge in [0, 0.05) is 40.0 Å². The molecule has 7 nitrogen and oxygen atoms in total. The summed E-state index contributed by atoms with van der Waals surface area (Å²) in [4.78, 5) is 11.5. The summed E-state index contributed by atoms with van der Waals surface area (Å²) in [6, 6.07) is 19.3. The number of thioether (sulfide) groups is 1. The Bertz CT molecular complexity index is 1650. The smallest absolute Gasteiger partial charge is 0.152 e. The molecule has 198 valence electrons. The fourth-order valence-corrected chi connectivity index (χ4v) is 6.04. The van der Waals surface area contributed by atoms with E-state index >= 15 is 0 Å². The van der Waals surface area contributed by atoms with Crippen LogP contribution < -0.4 is 9.64 Å². The second kappa shape index (κ2) is 12.8. The molecule has 2 aromatic carbocycles. The lowest BCUT2D eigenvalue weighted by molar-refractivity contribution is 0.201. The van der Waals surface area contributed by atoms with Crippen molar-refractivity contribution in [2.24, 2.45) is 0 Å². The van der Waals surface area contributed by atoms with Crippen LogP contribution >= 0.6 is 34.7 Å². The predicted molar refractivity (Wildman–Crippen MR) is 159 cm³/mol. The first-order valence-electron chi connectivity index (χ1n) is 12.3. The molecular weight excluding hydrogens is 562 g/mol. The van der Waals surface area contributed by atoms with Crippen LogP contribution in [0, 0.1) is 22.7 Å². The van der Waals surface area contributed by atoms with Crippen LogP contribution in [0.2, 0.25) is 5.02 Å². The van der Waals surface area contributed by atoms with E-state index in [0.717, 1.165) is 16.3 Å². The third-order valence-corrected chi connectivity index (χ3v) is 8.16. The summed E-state index contributed by atoms with van der Waals surface area (Å²) < 4.78 is 5.50. The lowest BCUT2D eigenvalue weighted by Crippen LogP contribution is -2.21. The average Bonchev–Trinajstić information content (AvgIpc) is 3.48. The van der Waals surface area contributed by atoms with Gasteiger partial charge in [-0.05, 0) is 35.9 Å². The molecule has 0 fully saturated rings. The Morgan fingerprint density at radius 1 is 1.00 bits per heavy atom. The van der Waals surface area contributed by atoms with Crippen LogP contribution in [0.5, 0.6) is 5.75 Å². The van der Waals surface area contributed by atoms with Crippen molar-refractivity contribution in [1.82, 2.24) is 9.97 Å². The molecule has 0 aliphatic carbocycles. The summed E-state index contributed by atoms with van der Waals surface area (Å²) in [6.45, 7) is 0.640. The molecule has 0 saturated carbocycles. The lowest BCUT2D eigenvalue weighted by Gasteiger charge is -2.23. The first-order valence-corrected chi connectivity index (χ1v) is 14.5. The number of ether oxygens (including phenoxy) is 1. The molecule has 10 heteroatoms. The van der Waals surface area contributed by atoms with Gasteiger partial charge in [-0.25, -0.2) is 9.97 Å². The maximum absolute atomic E-state index is 10.3. The third-order valence-electron chi connectivity index (χ3n) is 5.96. The Hall–Kier alpha value is -4.12. The second-order valence-electron chi connectivity index (χ2n) is 8.55. The quantitative estimate of drug-likeness (QED) is 0.214. The summed E-state index contributed by atoms with van der Waals surface area (Å²) >= 11 is 8.98. The Kier molecular flexibility index (Phi) is 8.80. The number of aliphatic hydroxyl groups is 1. The number of hydrogen-bond donors (Lipinski definition) is 1. The highest BCUT2D eigenvalue weighted by Gasteiger charge is 2.24. The molecule has 0 spiro atoms. The van der Waals surface area contributed by atoms with Gasteiger partial charge in [-0.3, -0.25) is 0 Å². The van der Waals surface area contributed by atoms with Gasteiger partial charge in [0.05, 0.1) is 17.9 Å². The van der Waals surface area contributed by atoms with Gasteiger partial charge in [-0.1, -0.05) is 59.8 Å². The van der Waals surface area contributed by atoms with E-state index in [1.165, 1.54) is 11.8 Å². The van der Waals surface area contributed by atoms with Gasteiger partial charge in [0.1, 0.15) is 40.1 Å². The highest BCUT2D eigenvalue weighted by molar-refractivity contribution is 7.98. The molecule has 0 unspecified atom stereocenters. The van der Waals surface area contributed by atoms with E-state index in [1.54, 1.807) is 23.5 Å². The SMILES string of the molecule is N#Cc1c(SCc2csc(-c3ccc(Cl)cc3)n2)nc(N2C=CC=CC2)c(C#N)c1-c1ccc(OCCO)cc1. The summed E-state index contributed by atoms with van der Waals surface area (Å²) in [5.41, 5.74) is 3.73. The Morgan fingerprint density at radius 2 is 1.75 bits per heavy atom. The van der Waals surface area contributed by atoms with E-state index in [9.17, 15) is 10.5 Å². The zero-order chi connectivity index (χ0) is 27.9. The van der Waals surface area contributed by atoms with E-state index in [0.29, 0.717) is 56.2 Å². The number of hydrogen-bond acceptors (Lipinski definition) is 9. The number of thiazole rings is 1. The molecule has 1 N–H and O–H groups in total. The van der Waals surface area contributed by atoms with Gasteiger partial charge in [-0.15, -0.1) is 11.3 Å². The molecule has 4 aromatic rings. The van der Waals surface area contributed by atoms with Crippen LogP contribution in [0.1, 0.15) is 16.8 Å². The lowest BCUT2D eigenvalue weighted by atomic mass is 9.96. The number of allylic oxidation sites excluding steroid dienone is 2. The average molecular weight is 584 g/mol. The van der Waals surface area contributed by atoms with Crippen molar-refractivity contribution in [3.8, 4) is 39.6 Å². The van der Waals surface area contributed by atoms with E-state index in [4.69, 9.17) is 31.4 Å². The van der Waals surface area contributed by atoms with E-state index in [2.05, 4.69) is 12.1 Å². The third kappa shape index (κ3) is 6.04. The van der Waals surface area contributed by atoms with E-state index in [1.807, 2.05) is 71.1 Å². The van der Waals surface area contributed by atoms with Crippen molar-refractivity contribution in [3.63, 3.8) is 0 Å². The molecule has 0 bridgehead atoms. The number of benzene rings is 2. The second-order valence-corrected chi connectivity index (χ2v) is 10.8. The monoisotopic (exact) mass is 583 g/mol. The highest BCUT2D eigenvalue weighted by atomic mass is 35.5. The maximum atomic E-state index is 10.3. The van der Waals surface area contributed by atoms with Crippen LogP contribution in [0.25, 0.3) is 21.7 Å². The van der Waals surface area contributed by atoms with Gasteiger partial charge in [0.25, 0.3) is 0 Å². The molecule has 0 amide bonds. The van der Waals surface area contributed by atoms with Gasteiger partial charge in [0.15, 0.2) is 5.82 Å². The topological polar surface area (TPSA) is 106 Å². The first kappa shape index (κ1) is 27.4. The van der Waals surface area contributed by atoms with Gasteiger partial charge in [-0.2, -0.15) is 10.5 Å². The zero-order valence-electron chi connectivity index (χ0n) is 21.1. The van der Waals surface area contributed by atoms with Crippen molar-refractivity contribution in [1.29, 1.82) is 10.5 Å². The van der Waals surface area contributed by atoms with Crippen molar-refractivity contribution in [2.75, 3.05) is 24.7 Å². The van der Waals surface area contributed by atoms with E-state index in [-0.39, 0.29) is 13.2 Å².